The summed E-state index contributed by atoms with van der Waals surface area (Å²) in [6, 6.07) is 17.1. The van der Waals surface area contributed by atoms with E-state index in [0.717, 1.165) is 29.5 Å². The van der Waals surface area contributed by atoms with E-state index in [1.165, 1.54) is 0 Å². The number of ether oxygens (including phenoxy) is 1. The second-order valence-electron chi connectivity index (χ2n) is 6.88. The first kappa shape index (κ1) is 19.4. The van der Waals surface area contributed by atoms with Crippen LogP contribution >= 0.6 is 15.9 Å². The summed E-state index contributed by atoms with van der Waals surface area (Å²) in [6.07, 6.45) is 5.01. The number of hydrogen-bond donors (Lipinski definition) is 1. The number of anilines is 2. The molecule has 1 atom stereocenters. The third-order valence-corrected chi connectivity index (χ3v) is 5.34. The van der Waals surface area contributed by atoms with Crippen LogP contribution in [0.25, 0.3) is 0 Å². The molecule has 1 saturated heterocycles. The van der Waals surface area contributed by atoms with Gasteiger partial charge in [0.15, 0.2) is 5.82 Å². The molecule has 1 fully saturated rings. The van der Waals surface area contributed by atoms with Crippen LogP contribution in [0.15, 0.2) is 71.5 Å². The molecular weight excluding hydrogens is 432 g/mol. The molecule has 148 valence electrons. The Bertz CT molecular complexity index is 966. The summed E-state index contributed by atoms with van der Waals surface area (Å²) in [4.78, 5) is 23.7. The number of carbonyl (C=O) groups excluding carboxylic acids is 1. The predicted molar refractivity (Wildman–Crippen MR) is 116 cm³/mol. The second kappa shape index (κ2) is 9.05. The minimum Gasteiger partial charge on any atom is -0.436 e. The fourth-order valence-corrected chi connectivity index (χ4v) is 3.63. The van der Waals surface area contributed by atoms with Crippen molar-refractivity contribution in [2.45, 2.75) is 12.8 Å². The third kappa shape index (κ3) is 4.92. The Morgan fingerprint density at radius 3 is 2.62 bits per heavy atom. The van der Waals surface area contributed by atoms with Crippen molar-refractivity contribution in [3.05, 3.63) is 71.5 Å². The number of aromatic nitrogens is 2. The van der Waals surface area contributed by atoms with E-state index in [9.17, 15) is 4.79 Å². The quantitative estimate of drug-likeness (QED) is 0.596. The van der Waals surface area contributed by atoms with Crippen LogP contribution in [0.3, 0.4) is 0 Å². The number of carbonyl (C=O) groups is 1. The first-order valence-electron chi connectivity index (χ1n) is 9.54. The molecule has 0 radical (unpaired) electrons. The Labute approximate surface area is 178 Å². The maximum absolute atomic E-state index is 12.8. The number of nitrogens with zero attached hydrogens (tertiary/aromatic N) is 3. The van der Waals surface area contributed by atoms with E-state index >= 15 is 0 Å². The number of rotatable bonds is 5. The molecule has 0 bridgehead atoms. The number of nitrogens with one attached hydrogen (secondary N) is 1. The fourth-order valence-electron chi connectivity index (χ4n) is 3.37. The molecule has 2 aromatic carbocycles. The van der Waals surface area contributed by atoms with Crippen LogP contribution in [-0.2, 0) is 4.79 Å². The van der Waals surface area contributed by atoms with Gasteiger partial charge in [-0.25, -0.2) is 9.97 Å². The molecule has 0 spiro atoms. The SMILES string of the molecule is O=C(Nc1ccc(Br)cc1)[C@H]1CCCN(c2nccnc2Oc2ccccc2)C1. The highest BCUT2D eigenvalue weighted by Crippen LogP contribution is 2.31. The average Bonchev–Trinajstić information content (AvgIpc) is 2.76. The molecule has 0 saturated carbocycles. The Hall–Kier alpha value is -2.93. The molecule has 3 aromatic rings. The third-order valence-electron chi connectivity index (χ3n) is 4.81. The summed E-state index contributed by atoms with van der Waals surface area (Å²) < 4.78 is 6.92. The van der Waals surface area contributed by atoms with Crippen LogP contribution in [0, 0.1) is 5.92 Å². The van der Waals surface area contributed by atoms with Crippen molar-refractivity contribution in [2.75, 3.05) is 23.3 Å². The van der Waals surface area contributed by atoms with Crippen molar-refractivity contribution in [3.63, 3.8) is 0 Å². The van der Waals surface area contributed by atoms with Gasteiger partial charge in [-0.05, 0) is 49.2 Å². The van der Waals surface area contributed by atoms with Gasteiger partial charge in [-0.1, -0.05) is 34.1 Å². The van der Waals surface area contributed by atoms with Gasteiger partial charge in [0.05, 0.1) is 5.92 Å². The molecule has 0 unspecified atom stereocenters. The Kier molecular flexibility index (Phi) is 6.05. The summed E-state index contributed by atoms with van der Waals surface area (Å²) in [6.45, 7) is 1.39. The highest BCUT2D eigenvalue weighted by molar-refractivity contribution is 9.10. The molecule has 0 aliphatic carbocycles. The second-order valence-corrected chi connectivity index (χ2v) is 7.80. The summed E-state index contributed by atoms with van der Waals surface area (Å²) >= 11 is 3.41. The Balaban J connectivity index is 1.47. The van der Waals surface area contributed by atoms with Gasteiger partial charge in [0.25, 0.3) is 5.88 Å². The van der Waals surface area contributed by atoms with Gasteiger partial charge in [0.1, 0.15) is 5.75 Å². The minimum atomic E-state index is -0.126. The van der Waals surface area contributed by atoms with Gasteiger partial charge in [-0.3, -0.25) is 4.79 Å². The van der Waals surface area contributed by atoms with E-state index in [4.69, 9.17) is 4.74 Å². The zero-order valence-corrected chi connectivity index (χ0v) is 17.4. The van der Waals surface area contributed by atoms with Crippen LogP contribution in [0.1, 0.15) is 12.8 Å². The smallest absolute Gasteiger partial charge is 0.263 e. The number of amides is 1. The predicted octanol–water partition coefficient (Wildman–Crippen LogP) is 4.89. The van der Waals surface area contributed by atoms with E-state index in [1.54, 1.807) is 12.4 Å². The van der Waals surface area contributed by atoms with Gasteiger partial charge >= 0.3 is 0 Å². The van der Waals surface area contributed by atoms with Gasteiger partial charge in [0, 0.05) is 35.6 Å². The Morgan fingerprint density at radius 2 is 1.83 bits per heavy atom. The van der Waals surface area contributed by atoms with E-state index in [2.05, 4.69) is 36.1 Å². The molecule has 7 heteroatoms. The lowest BCUT2D eigenvalue weighted by molar-refractivity contribution is -0.120. The lowest BCUT2D eigenvalue weighted by Gasteiger charge is -2.33. The zero-order valence-electron chi connectivity index (χ0n) is 15.8. The van der Waals surface area contributed by atoms with Crippen molar-refractivity contribution in [2.24, 2.45) is 5.92 Å². The molecule has 1 aliphatic rings. The highest BCUT2D eigenvalue weighted by Gasteiger charge is 2.28. The molecule has 29 heavy (non-hydrogen) atoms. The van der Waals surface area contributed by atoms with Crippen molar-refractivity contribution in [3.8, 4) is 11.6 Å². The van der Waals surface area contributed by atoms with Crippen LogP contribution in [0.2, 0.25) is 0 Å². The van der Waals surface area contributed by atoms with Gasteiger partial charge < -0.3 is 15.0 Å². The Morgan fingerprint density at radius 1 is 1.07 bits per heavy atom. The molecular formula is C22H21BrN4O2. The van der Waals surface area contributed by atoms with Crippen molar-refractivity contribution >= 4 is 33.3 Å². The normalized spacial score (nSPS) is 16.3. The number of halogens is 1. The summed E-state index contributed by atoms with van der Waals surface area (Å²) in [7, 11) is 0. The standard InChI is InChI=1S/C22H21BrN4O2/c23-17-8-10-18(11-9-17)26-21(28)16-5-4-14-27(15-16)20-22(25-13-12-24-20)29-19-6-2-1-3-7-19/h1-3,6-13,16H,4-5,14-15H2,(H,26,28)/t16-/m0/s1. The van der Waals surface area contributed by atoms with E-state index < -0.39 is 0 Å². The van der Waals surface area contributed by atoms with Crippen LogP contribution < -0.4 is 15.0 Å². The van der Waals surface area contributed by atoms with Gasteiger partial charge in [0.2, 0.25) is 5.91 Å². The largest absolute Gasteiger partial charge is 0.436 e. The molecule has 1 N–H and O–H groups in total. The van der Waals surface area contributed by atoms with Crippen molar-refractivity contribution in [1.82, 2.24) is 9.97 Å². The maximum atomic E-state index is 12.8. The highest BCUT2D eigenvalue weighted by atomic mass is 79.9. The minimum absolute atomic E-state index is 0.0199. The topological polar surface area (TPSA) is 67.4 Å². The first-order chi connectivity index (χ1) is 14.2. The number of hydrogen-bond acceptors (Lipinski definition) is 5. The van der Waals surface area contributed by atoms with E-state index in [0.29, 0.717) is 24.0 Å². The number of benzene rings is 2. The van der Waals surface area contributed by atoms with E-state index in [-0.39, 0.29) is 11.8 Å². The number of piperidine rings is 1. The summed E-state index contributed by atoms with van der Waals surface area (Å²) in [5.41, 5.74) is 0.794. The molecule has 1 aliphatic heterocycles. The fraction of sp³-hybridized carbons (Fsp3) is 0.227. The van der Waals surface area contributed by atoms with Gasteiger partial charge in [-0.2, -0.15) is 0 Å². The summed E-state index contributed by atoms with van der Waals surface area (Å²) in [5, 5.41) is 3.01. The van der Waals surface area contributed by atoms with Crippen LogP contribution in [-0.4, -0.2) is 29.0 Å². The number of para-hydroxylation sites is 1. The van der Waals surface area contributed by atoms with Gasteiger partial charge in [-0.15, -0.1) is 0 Å². The molecule has 2 heterocycles. The first-order valence-corrected chi connectivity index (χ1v) is 10.3. The van der Waals surface area contributed by atoms with E-state index in [1.807, 2.05) is 54.6 Å². The lowest BCUT2D eigenvalue weighted by Crippen LogP contribution is -2.41. The molecule has 4 rings (SSSR count). The van der Waals surface area contributed by atoms with Crippen molar-refractivity contribution < 1.29 is 9.53 Å². The summed E-state index contributed by atoms with van der Waals surface area (Å²) in [5.74, 6) is 1.71. The molecule has 1 amide bonds. The maximum Gasteiger partial charge on any atom is 0.263 e. The molecule has 1 aromatic heterocycles. The average molecular weight is 453 g/mol. The lowest BCUT2D eigenvalue weighted by atomic mass is 9.97. The van der Waals surface area contributed by atoms with Crippen molar-refractivity contribution in [1.29, 1.82) is 0 Å². The van der Waals surface area contributed by atoms with Crippen LogP contribution in [0.5, 0.6) is 11.6 Å². The zero-order chi connectivity index (χ0) is 20.1. The van der Waals surface area contributed by atoms with Crippen LogP contribution in [0.4, 0.5) is 11.5 Å². The molecule has 6 nitrogen and oxygen atoms in total. The monoisotopic (exact) mass is 452 g/mol.